The number of amides is 1. The Bertz CT molecular complexity index is 1440. The minimum Gasteiger partial charge on any atom is -0.378 e. The van der Waals surface area contributed by atoms with E-state index in [9.17, 15) is 31.5 Å². The number of aromatic nitrogens is 1. The van der Waals surface area contributed by atoms with E-state index >= 15 is 0 Å². The van der Waals surface area contributed by atoms with Crippen molar-refractivity contribution < 1.29 is 31.5 Å². The average molecular weight is 557 g/mol. The molecular weight excluding hydrogens is 537 g/mol. The van der Waals surface area contributed by atoms with Gasteiger partial charge in [0.2, 0.25) is 0 Å². The Labute approximate surface area is 214 Å². The lowest BCUT2D eigenvalue weighted by atomic mass is 9.73. The van der Waals surface area contributed by atoms with Crippen molar-refractivity contribution in [1.82, 2.24) is 4.98 Å². The summed E-state index contributed by atoms with van der Waals surface area (Å²) in [5, 5.41) is 14.5. The third-order valence-electron chi connectivity index (χ3n) is 6.28. The largest absolute Gasteiger partial charge is 0.378 e. The van der Waals surface area contributed by atoms with Gasteiger partial charge in [-0.15, -0.1) is 11.3 Å². The van der Waals surface area contributed by atoms with Crippen LogP contribution in [-0.2, 0) is 15.4 Å². The van der Waals surface area contributed by atoms with Crippen LogP contribution in [0.3, 0.4) is 0 Å². The van der Waals surface area contributed by atoms with Crippen LogP contribution < -0.4 is 5.32 Å². The number of benzene rings is 2. The van der Waals surface area contributed by atoms with Crippen molar-refractivity contribution in [2.75, 3.05) is 5.32 Å². The minimum absolute atomic E-state index is 0.0519. The van der Waals surface area contributed by atoms with Crippen molar-refractivity contribution >= 4 is 44.4 Å². The summed E-state index contributed by atoms with van der Waals surface area (Å²) in [4.78, 5) is 16.5. The van der Waals surface area contributed by atoms with Gasteiger partial charge in [0.15, 0.2) is 27.3 Å². The zero-order valence-corrected chi connectivity index (χ0v) is 21.2. The van der Waals surface area contributed by atoms with Crippen molar-refractivity contribution in [2.45, 2.75) is 35.5 Å². The van der Waals surface area contributed by atoms with E-state index in [1.807, 2.05) is 0 Å². The van der Waals surface area contributed by atoms with Gasteiger partial charge in [0.25, 0.3) is 5.91 Å². The van der Waals surface area contributed by atoms with Crippen molar-refractivity contribution in [1.29, 1.82) is 0 Å². The van der Waals surface area contributed by atoms with Crippen LogP contribution >= 0.6 is 22.9 Å². The normalized spacial score (nSPS) is 22.4. The first-order valence-corrected chi connectivity index (χ1v) is 13.5. The highest BCUT2D eigenvalue weighted by Gasteiger charge is 2.49. The van der Waals surface area contributed by atoms with Crippen molar-refractivity contribution in [2.24, 2.45) is 5.92 Å². The molecule has 190 valence electrons. The van der Waals surface area contributed by atoms with Gasteiger partial charge in [-0.3, -0.25) is 4.79 Å². The van der Waals surface area contributed by atoms with Gasteiger partial charge in [-0.1, -0.05) is 25.1 Å². The van der Waals surface area contributed by atoms with Crippen LogP contribution in [0.15, 0.2) is 59.0 Å². The monoisotopic (exact) mass is 556 g/mol. The number of aliphatic hydroxyl groups is 1. The number of sulfone groups is 1. The quantitative estimate of drug-likeness (QED) is 0.320. The van der Waals surface area contributed by atoms with E-state index in [0.717, 1.165) is 6.07 Å². The lowest BCUT2D eigenvalue weighted by Crippen LogP contribution is -2.44. The molecule has 1 aromatic heterocycles. The second-order valence-corrected chi connectivity index (χ2v) is 12.1. The number of hydrogen-bond donors (Lipinski definition) is 2. The Morgan fingerprint density at radius 1 is 1.25 bits per heavy atom. The first-order valence-electron chi connectivity index (χ1n) is 10.7. The maximum atomic E-state index is 13.6. The van der Waals surface area contributed by atoms with Gasteiger partial charge in [-0.25, -0.2) is 26.6 Å². The minimum atomic E-state index is -4.10. The fourth-order valence-electron chi connectivity index (χ4n) is 4.31. The topological polar surface area (TPSA) is 96.4 Å². The highest BCUT2D eigenvalue weighted by Crippen LogP contribution is 2.48. The van der Waals surface area contributed by atoms with Crippen LogP contribution in [0, 0.1) is 23.4 Å². The molecule has 0 bridgehead atoms. The molecule has 4 rings (SSSR count). The second kappa shape index (κ2) is 9.62. The summed E-state index contributed by atoms with van der Waals surface area (Å²) in [5.41, 5.74) is -1.67. The van der Waals surface area contributed by atoms with Gasteiger partial charge in [-0.2, -0.15) is 0 Å². The van der Waals surface area contributed by atoms with Crippen LogP contribution in [0.4, 0.5) is 18.9 Å². The Hall–Kier alpha value is -2.73. The fourth-order valence-corrected chi connectivity index (χ4v) is 7.60. The van der Waals surface area contributed by atoms with E-state index in [2.05, 4.69) is 16.9 Å². The number of carbonyl (C=O) groups is 1. The summed E-state index contributed by atoms with van der Waals surface area (Å²) in [6.07, 6.45) is 1.58. The maximum absolute atomic E-state index is 13.6. The number of nitrogens with one attached hydrogen (secondary N) is 1. The van der Waals surface area contributed by atoms with Crippen LogP contribution in [0.1, 0.15) is 35.1 Å². The summed E-state index contributed by atoms with van der Waals surface area (Å²) >= 11 is 7.45. The highest BCUT2D eigenvalue weighted by atomic mass is 35.5. The molecule has 1 amide bonds. The second-order valence-electron chi connectivity index (χ2n) is 8.57. The molecule has 0 aliphatic heterocycles. The molecule has 1 aliphatic rings. The Morgan fingerprint density at radius 3 is 2.50 bits per heavy atom. The van der Waals surface area contributed by atoms with Gasteiger partial charge in [0, 0.05) is 35.0 Å². The molecule has 3 atom stereocenters. The average Bonchev–Trinajstić information content (AvgIpc) is 3.36. The summed E-state index contributed by atoms with van der Waals surface area (Å²) in [6, 6.07) is 4.74. The standard InChI is InChI=1S/C24H20ClF3N2O4S2/c1-12-7-16(8-13(2)24(12,32)23-29-5-6-35-23)36(33,34)20-9-14(3-4-17(20)25)22(31)30-15-10-18(26)21(28)19(27)11-15/h3-6,9-11,13,16,32H,1,7-8H2,2H3,(H,30,31)/t13?,16-,24+/m1/s1. The van der Waals surface area contributed by atoms with Gasteiger partial charge >= 0.3 is 0 Å². The third kappa shape index (κ3) is 4.56. The third-order valence-corrected chi connectivity index (χ3v) is 9.81. The molecule has 0 radical (unpaired) electrons. The summed E-state index contributed by atoms with van der Waals surface area (Å²) in [6.45, 7) is 5.64. The van der Waals surface area contributed by atoms with Crippen LogP contribution in [0.2, 0.25) is 5.02 Å². The predicted molar refractivity (Wildman–Crippen MR) is 130 cm³/mol. The lowest BCUT2D eigenvalue weighted by Gasteiger charge is -2.41. The Morgan fingerprint density at radius 2 is 1.92 bits per heavy atom. The van der Waals surface area contributed by atoms with Gasteiger partial charge < -0.3 is 10.4 Å². The predicted octanol–water partition coefficient (Wildman–Crippen LogP) is 5.48. The molecule has 12 heteroatoms. The SMILES string of the molecule is C=C1C[C@@H](S(=O)(=O)c2cc(C(=O)Nc3cc(F)c(F)c(F)c3)ccc2Cl)CC(C)[C@]1(O)c1nccs1. The molecule has 2 N–H and O–H groups in total. The molecule has 0 saturated heterocycles. The van der Waals surface area contributed by atoms with Gasteiger partial charge in [0.1, 0.15) is 10.6 Å². The number of halogens is 4. The number of anilines is 1. The first-order chi connectivity index (χ1) is 16.9. The smallest absolute Gasteiger partial charge is 0.255 e. The number of rotatable bonds is 5. The summed E-state index contributed by atoms with van der Waals surface area (Å²) in [7, 11) is -4.10. The van der Waals surface area contributed by atoms with Crippen molar-refractivity contribution in [3.63, 3.8) is 0 Å². The van der Waals surface area contributed by atoms with E-state index in [0.29, 0.717) is 22.7 Å². The van der Waals surface area contributed by atoms with Gasteiger partial charge in [-0.05, 0) is 42.5 Å². The number of carbonyl (C=O) groups excluding carboxylic acids is 1. The van der Waals surface area contributed by atoms with E-state index < -0.39 is 50.0 Å². The molecular formula is C24H20ClF3N2O4S2. The summed E-state index contributed by atoms with van der Waals surface area (Å²) in [5.74, 6) is -6.08. The summed E-state index contributed by atoms with van der Waals surface area (Å²) < 4.78 is 67.3. The zero-order valence-electron chi connectivity index (χ0n) is 18.8. The van der Waals surface area contributed by atoms with E-state index in [1.54, 1.807) is 18.5 Å². The van der Waals surface area contributed by atoms with Crippen molar-refractivity contribution in [3.05, 3.63) is 87.1 Å². The number of hydrogen-bond acceptors (Lipinski definition) is 6. The molecule has 1 aliphatic carbocycles. The molecule has 1 unspecified atom stereocenters. The molecule has 1 heterocycles. The lowest BCUT2D eigenvalue weighted by molar-refractivity contribution is 0.000749. The van der Waals surface area contributed by atoms with Crippen LogP contribution in [0.25, 0.3) is 0 Å². The molecule has 2 aromatic carbocycles. The molecule has 0 spiro atoms. The van der Waals surface area contributed by atoms with Crippen molar-refractivity contribution in [3.8, 4) is 0 Å². The Balaban J connectivity index is 1.61. The van der Waals surface area contributed by atoms with E-state index in [-0.39, 0.29) is 34.0 Å². The van der Waals surface area contributed by atoms with Crippen LogP contribution in [-0.4, -0.2) is 29.7 Å². The number of thiazole rings is 1. The fraction of sp³-hybridized carbons (Fsp3) is 0.250. The number of nitrogens with zero attached hydrogens (tertiary/aromatic N) is 1. The molecule has 1 fully saturated rings. The maximum Gasteiger partial charge on any atom is 0.255 e. The first kappa shape index (κ1) is 26.3. The van der Waals surface area contributed by atoms with E-state index in [1.165, 1.54) is 23.5 Å². The van der Waals surface area contributed by atoms with Crippen LogP contribution in [0.5, 0.6) is 0 Å². The molecule has 6 nitrogen and oxygen atoms in total. The van der Waals surface area contributed by atoms with Gasteiger partial charge in [0.05, 0.1) is 15.2 Å². The Kier molecular flexibility index (Phi) is 7.04. The molecule has 1 saturated carbocycles. The van der Waals surface area contributed by atoms with E-state index in [4.69, 9.17) is 11.6 Å². The zero-order chi connectivity index (χ0) is 26.4. The highest BCUT2D eigenvalue weighted by molar-refractivity contribution is 7.92. The molecule has 36 heavy (non-hydrogen) atoms. The molecule has 3 aromatic rings.